The number of primary sulfonamides is 1. The molecule has 3 nitrogen and oxygen atoms in total. The summed E-state index contributed by atoms with van der Waals surface area (Å²) in [6.45, 7) is 1.38. The first-order valence-electron chi connectivity index (χ1n) is 8.22. The Hall–Kier alpha value is -2.36. The second kappa shape index (κ2) is 7.47. The predicted octanol–water partition coefficient (Wildman–Crippen LogP) is 5.42. The summed E-state index contributed by atoms with van der Waals surface area (Å²) in [6.07, 6.45) is -4.43. The number of rotatable bonds is 3. The molecule has 2 N–H and O–H groups in total. The fraction of sp³-hybridized carbons (Fsp3) is 0.100. The quantitative estimate of drug-likeness (QED) is 0.421. The molecule has 0 fully saturated rings. The first kappa shape index (κ1) is 21.4. The van der Waals surface area contributed by atoms with Crippen molar-refractivity contribution in [3.05, 3.63) is 71.5 Å². The normalized spacial score (nSPS) is 12.2. The summed E-state index contributed by atoms with van der Waals surface area (Å²) in [7, 11) is -4.17. The van der Waals surface area contributed by atoms with E-state index in [1.54, 1.807) is 18.2 Å². The minimum Gasteiger partial charge on any atom is -0.225 e. The molecule has 0 spiro atoms. The van der Waals surface area contributed by atoms with Gasteiger partial charge in [0.25, 0.3) is 0 Å². The molecule has 3 rings (SSSR count). The van der Waals surface area contributed by atoms with Crippen molar-refractivity contribution in [2.24, 2.45) is 5.14 Å². The van der Waals surface area contributed by atoms with Gasteiger partial charge in [0, 0.05) is 4.90 Å². The fourth-order valence-electron chi connectivity index (χ4n) is 3.02. The molecule has 0 saturated heterocycles. The molecule has 0 amide bonds. The molecular weight excluding hydrogens is 426 g/mol. The minimum atomic E-state index is -4.43. The van der Waals surface area contributed by atoms with Crippen LogP contribution in [0.5, 0.6) is 0 Å². The van der Waals surface area contributed by atoms with Crippen LogP contribution in [0.15, 0.2) is 64.4 Å². The Morgan fingerprint density at radius 1 is 0.897 bits per heavy atom. The molecule has 0 radical (unpaired) electrons. The van der Waals surface area contributed by atoms with E-state index in [4.69, 9.17) is 5.14 Å². The number of aryl methyl sites for hydroxylation is 1. The zero-order valence-electron chi connectivity index (χ0n) is 15.0. The molecule has 152 valence electrons. The minimum absolute atomic E-state index is 0.0902. The highest BCUT2D eigenvalue weighted by molar-refractivity contribution is 7.89. The van der Waals surface area contributed by atoms with Crippen LogP contribution in [0.1, 0.15) is 11.1 Å². The van der Waals surface area contributed by atoms with Gasteiger partial charge in [-0.1, -0.05) is 30.3 Å². The molecule has 29 heavy (non-hydrogen) atoms. The van der Waals surface area contributed by atoms with Crippen molar-refractivity contribution >= 4 is 22.7 Å². The number of nitrogens with two attached hydrogens (primary N) is 1. The highest BCUT2D eigenvalue weighted by Gasteiger charge is 2.32. The summed E-state index contributed by atoms with van der Waals surface area (Å²) < 4.78 is 75.6. The van der Waals surface area contributed by atoms with E-state index >= 15 is 0 Å². The van der Waals surface area contributed by atoms with Gasteiger partial charge in [-0.2, -0.15) is 13.2 Å². The SMILES string of the molecule is Cc1cc(-c2ccc(-c3ccc(S(N)(=O)=O)c(F)c3)cc2S)ccc1C(F)(F)F. The van der Waals surface area contributed by atoms with E-state index in [2.05, 4.69) is 12.6 Å². The Labute approximate surface area is 170 Å². The van der Waals surface area contributed by atoms with Crippen molar-refractivity contribution in [1.29, 1.82) is 0 Å². The Balaban J connectivity index is 2.00. The number of halogens is 4. The molecule has 0 saturated carbocycles. The van der Waals surface area contributed by atoms with Gasteiger partial charge in [0.2, 0.25) is 10.0 Å². The van der Waals surface area contributed by atoms with Gasteiger partial charge in [-0.25, -0.2) is 17.9 Å². The van der Waals surface area contributed by atoms with E-state index in [1.807, 2.05) is 0 Å². The van der Waals surface area contributed by atoms with Gasteiger partial charge in [0.1, 0.15) is 10.7 Å². The van der Waals surface area contributed by atoms with E-state index < -0.39 is 32.5 Å². The lowest BCUT2D eigenvalue weighted by molar-refractivity contribution is -0.138. The van der Waals surface area contributed by atoms with E-state index in [-0.39, 0.29) is 5.56 Å². The van der Waals surface area contributed by atoms with Gasteiger partial charge in [-0.15, -0.1) is 12.6 Å². The van der Waals surface area contributed by atoms with Crippen LogP contribution in [0.2, 0.25) is 0 Å². The molecular formula is C20H15F4NO2S2. The third-order valence-corrected chi connectivity index (χ3v) is 5.73. The van der Waals surface area contributed by atoms with Crippen LogP contribution in [0.25, 0.3) is 22.3 Å². The molecule has 0 unspecified atom stereocenters. The third kappa shape index (κ3) is 4.47. The zero-order chi connectivity index (χ0) is 21.6. The molecule has 3 aromatic rings. The molecule has 0 aliphatic carbocycles. The lowest BCUT2D eigenvalue weighted by Gasteiger charge is -2.13. The van der Waals surface area contributed by atoms with Crippen LogP contribution in [0.4, 0.5) is 17.6 Å². The lowest BCUT2D eigenvalue weighted by atomic mass is 9.97. The van der Waals surface area contributed by atoms with Crippen LogP contribution >= 0.6 is 12.6 Å². The van der Waals surface area contributed by atoms with Crippen molar-refractivity contribution < 1.29 is 26.0 Å². The molecule has 0 aliphatic heterocycles. The summed E-state index contributed by atoms with van der Waals surface area (Å²) in [5.41, 5.74) is 1.51. The average Bonchev–Trinajstić information content (AvgIpc) is 2.59. The topological polar surface area (TPSA) is 60.2 Å². The van der Waals surface area contributed by atoms with E-state index in [9.17, 15) is 26.0 Å². The van der Waals surface area contributed by atoms with Crippen LogP contribution in [0.3, 0.4) is 0 Å². The maximum absolute atomic E-state index is 14.1. The van der Waals surface area contributed by atoms with Crippen molar-refractivity contribution in [2.45, 2.75) is 22.9 Å². The fourth-order valence-corrected chi connectivity index (χ4v) is 3.95. The highest BCUT2D eigenvalue weighted by Crippen LogP contribution is 2.36. The van der Waals surface area contributed by atoms with Crippen LogP contribution in [-0.4, -0.2) is 8.42 Å². The Morgan fingerprint density at radius 3 is 2.00 bits per heavy atom. The standard InChI is InChI=1S/C20H15F4NO2S2/c1-11-8-14(3-6-16(11)20(22,23)24)15-5-2-13(10-18(15)28)12-4-7-19(17(21)9-12)29(25,26)27/h2-10,28H,1H3,(H2,25,26,27). The predicted molar refractivity (Wildman–Crippen MR) is 106 cm³/mol. The third-order valence-electron chi connectivity index (χ3n) is 4.41. The number of hydrogen-bond acceptors (Lipinski definition) is 3. The van der Waals surface area contributed by atoms with Gasteiger partial charge in [-0.3, -0.25) is 0 Å². The van der Waals surface area contributed by atoms with Crippen molar-refractivity contribution in [3.63, 3.8) is 0 Å². The highest BCUT2D eigenvalue weighted by atomic mass is 32.2. The number of hydrogen-bond donors (Lipinski definition) is 2. The van der Waals surface area contributed by atoms with Crippen molar-refractivity contribution in [3.8, 4) is 22.3 Å². The molecule has 0 aliphatic rings. The molecule has 0 aromatic heterocycles. The molecule has 3 aromatic carbocycles. The summed E-state index contributed by atoms with van der Waals surface area (Å²) >= 11 is 4.41. The van der Waals surface area contributed by atoms with Crippen molar-refractivity contribution in [2.75, 3.05) is 0 Å². The van der Waals surface area contributed by atoms with Gasteiger partial charge in [0.15, 0.2) is 0 Å². The second-order valence-electron chi connectivity index (χ2n) is 6.45. The largest absolute Gasteiger partial charge is 0.416 e. The van der Waals surface area contributed by atoms with E-state index in [0.29, 0.717) is 27.1 Å². The number of alkyl halides is 3. The van der Waals surface area contributed by atoms with E-state index in [0.717, 1.165) is 18.2 Å². The van der Waals surface area contributed by atoms with Gasteiger partial charge in [0.05, 0.1) is 5.56 Å². The summed E-state index contributed by atoms with van der Waals surface area (Å²) in [5, 5.41) is 4.95. The smallest absolute Gasteiger partial charge is 0.225 e. The van der Waals surface area contributed by atoms with Crippen LogP contribution < -0.4 is 5.14 Å². The van der Waals surface area contributed by atoms with Gasteiger partial charge >= 0.3 is 6.18 Å². The average molecular weight is 441 g/mol. The summed E-state index contributed by atoms with van der Waals surface area (Å²) in [5.74, 6) is -0.979. The van der Waals surface area contributed by atoms with Crippen LogP contribution in [0, 0.1) is 12.7 Å². The van der Waals surface area contributed by atoms with Crippen molar-refractivity contribution in [1.82, 2.24) is 0 Å². The molecule has 9 heteroatoms. The Kier molecular flexibility index (Phi) is 5.50. The maximum atomic E-state index is 14.1. The summed E-state index contributed by atoms with van der Waals surface area (Å²) in [4.78, 5) is -0.137. The first-order valence-corrected chi connectivity index (χ1v) is 10.2. The molecule has 0 heterocycles. The van der Waals surface area contributed by atoms with Gasteiger partial charge < -0.3 is 0 Å². The monoisotopic (exact) mass is 441 g/mol. The number of thiol groups is 1. The Bertz CT molecular complexity index is 1210. The first-order chi connectivity index (χ1) is 13.4. The second-order valence-corrected chi connectivity index (χ2v) is 8.46. The van der Waals surface area contributed by atoms with E-state index in [1.165, 1.54) is 25.1 Å². The number of sulfonamides is 1. The zero-order valence-corrected chi connectivity index (χ0v) is 16.7. The molecule has 0 atom stereocenters. The lowest BCUT2D eigenvalue weighted by Crippen LogP contribution is -2.13. The van der Waals surface area contributed by atoms with Gasteiger partial charge in [-0.05, 0) is 59.0 Å². The number of benzene rings is 3. The summed E-state index contributed by atoms with van der Waals surface area (Å²) in [6, 6.07) is 12.3. The maximum Gasteiger partial charge on any atom is 0.416 e. The molecule has 0 bridgehead atoms. The Morgan fingerprint density at radius 2 is 1.48 bits per heavy atom. The van der Waals surface area contributed by atoms with Crippen LogP contribution in [-0.2, 0) is 16.2 Å².